The summed E-state index contributed by atoms with van der Waals surface area (Å²) in [6.07, 6.45) is 6.57. The fourth-order valence-electron chi connectivity index (χ4n) is 2.79. The molecular formula is C12H25N3S. The highest BCUT2D eigenvalue weighted by molar-refractivity contribution is 8.00. The normalized spacial score (nSPS) is 37.5. The molecule has 2 fully saturated rings. The van der Waals surface area contributed by atoms with Gasteiger partial charge in [0.15, 0.2) is 0 Å². The monoisotopic (exact) mass is 243 g/mol. The van der Waals surface area contributed by atoms with Crippen LogP contribution < -0.4 is 11.2 Å². The van der Waals surface area contributed by atoms with Gasteiger partial charge in [0, 0.05) is 24.9 Å². The molecule has 2 rings (SSSR count). The quantitative estimate of drug-likeness (QED) is 0.790. The maximum Gasteiger partial charge on any atom is 0.0563 e. The van der Waals surface area contributed by atoms with Gasteiger partial charge >= 0.3 is 0 Å². The maximum absolute atomic E-state index is 6.04. The summed E-state index contributed by atoms with van der Waals surface area (Å²) < 4.78 is 0. The van der Waals surface area contributed by atoms with Crippen molar-refractivity contribution in [3.05, 3.63) is 0 Å². The van der Waals surface area contributed by atoms with E-state index in [9.17, 15) is 0 Å². The van der Waals surface area contributed by atoms with Crippen molar-refractivity contribution in [1.82, 2.24) is 10.4 Å². The molecule has 0 bridgehead atoms. The summed E-state index contributed by atoms with van der Waals surface area (Å²) in [6, 6.07) is 0. The zero-order valence-electron chi connectivity index (χ0n) is 10.4. The van der Waals surface area contributed by atoms with Crippen molar-refractivity contribution in [2.75, 3.05) is 25.4 Å². The molecule has 0 aliphatic carbocycles. The third-order valence-electron chi connectivity index (χ3n) is 4.01. The van der Waals surface area contributed by atoms with E-state index in [1.54, 1.807) is 0 Å². The molecule has 4 heteroatoms. The lowest BCUT2D eigenvalue weighted by Gasteiger charge is -2.46. The van der Waals surface area contributed by atoms with Gasteiger partial charge in [-0.3, -0.25) is 0 Å². The van der Waals surface area contributed by atoms with Gasteiger partial charge in [-0.25, -0.2) is 10.4 Å². The largest absolute Gasteiger partial charge is 0.329 e. The second-order valence-corrected chi connectivity index (χ2v) is 6.59. The van der Waals surface area contributed by atoms with Gasteiger partial charge < -0.3 is 5.73 Å². The lowest BCUT2D eigenvalue weighted by molar-refractivity contribution is 0.0764. The molecule has 0 saturated carbocycles. The van der Waals surface area contributed by atoms with Gasteiger partial charge in [0.25, 0.3) is 0 Å². The fourth-order valence-corrected chi connectivity index (χ4v) is 4.04. The Kier molecular flexibility index (Phi) is 4.53. The number of hydrogen-bond donors (Lipinski definition) is 2. The Morgan fingerprint density at radius 3 is 2.69 bits per heavy atom. The topological polar surface area (TPSA) is 41.3 Å². The Labute approximate surface area is 103 Å². The van der Waals surface area contributed by atoms with Crippen molar-refractivity contribution < 1.29 is 0 Å². The highest BCUT2D eigenvalue weighted by atomic mass is 32.2. The summed E-state index contributed by atoms with van der Waals surface area (Å²) in [4.78, 5) is 0. The number of nitrogens with zero attached hydrogens (tertiary/aromatic N) is 1. The zero-order valence-corrected chi connectivity index (χ0v) is 11.2. The Morgan fingerprint density at radius 2 is 2.06 bits per heavy atom. The number of hydrazine groups is 1. The van der Waals surface area contributed by atoms with Gasteiger partial charge in [0.1, 0.15) is 0 Å². The first kappa shape index (κ1) is 12.7. The van der Waals surface area contributed by atoms with Crippen molar-refractivity contribution in [3.63, 3.8) is 0 Å². The number of thioether (sulfide) groups is 1. The van der Waals surface area contributed by atoms with Crippen molar-refractivity contribution in [3.8, 4) is 0 Å². The van der Waals surface area contributed by atoms with E-state index >= 15 is 0 Å². The van der Waals surface area contributed by atoms with Crippen molar-refractivity contribution in [1.29, 1.82) is 0 Å². The van der Waals surface area contributed by atoms with E-state index in [-0.39, 0.29) is 5.54 Å². The fraction of sp³-hybridized carbons (Fsp3) is 1.00. The molecule has 3 nitrogen and oxygen atoms in total. The van der Waals surface area contributed by atoms with E-state index in [0.29, 0.717) is 5.25 Å². The molecule has 0 radical (unpaired) electrons. The Balaban J connectivity index is 1.96. The maximum atomic E-state index is 6.04. The van der Waals surface area contributed by atoms with Crippen LogP contribution in [-0.4, -0.2) is 41.2 Å². The van der Waals surface area contributed by atoms with Crippen LogP contribution in [0, 0.1) is 0 Å². The van der Waals surface area contributed by atoms with Crippen LogP contribution in [0.3, 0.4) is 0 Å². The molecule has 3 N–H and O–H groups in total. The van der Waals surface area contributed by atoms with Gasteiger partial charge in [-0.15, -0.1) is 0 Å². The van der Waals surface area contributed by atoms with Gasteiger partial charge in [0.2, 0.25) is 0 Å². The standard InChI is InChI=1S/C12H25N3S/c1-11-12(10-13,6-5-9-16-11)14-15-7-3-2-4-8-15/h11,14H,2-10,13H2,1H3. The third-order valence-corrected chi connectivity index (χ3v) is 5.49. The second-order valence-electron chi connectivity index (χ2n) is 5.14. The molecule has 2 atom stereocenters. The molecule has 94 valence electrons. The first-order valence-corrected chi connectivity index (χ1v) is 7.66. The van der Waals surface area contributed by atoms with Crippen LogP contribution in [0.25, 0.3) is 0 Å². The Morgan fingerprint density at radius 1 is 1.31 bits per heavy atom. The van der Waals surface area contributed by atoms with Crippen LogP contribution in [0.1, 0.15) is 39.0 Å². The van der Waals surface area contributed by atoms with Crippen molar-refractivity contribution >= 4 is 11.8 Å². The lowest BCUT2D eigenvalue weighted by atomic mass is 9.90. The third kappa shape index (κ3) is 2.73. The Hall–Kier alpha value is 0.230. The first-order chi connectivity index (χ1) is 7.77. The minimum Gasteiger partial charge on any atom is -0.329 e. The molecule has 2 saturated heterocycles. The molecule has 2 aliphatic rings. The molecule has 0 amide bonds. The highest BCUT2D eigenvalue weighted by Crippen LogP contribution is 2.33. The van der Waals surface area contributed by atoms with Gasteiger partial charge in [-0.05, 0) is 31.4 Å². The van der Waals surface area contributed by atoms with E-state index in [2.05, 4.69) is 29.1 Å². The highest BCUT2D eigenvalue weighted by Gasteiger charge is 2.38. The van der Waals surface area contributed by atoms with Crippen LogP contribution in [0.2, 0.25) is 0 Å². The molecule has 0 aromatic rings. The van der Waals surface area contributed by atoms with Gasteiger partial charge in [-0.2, -0.15) is 11.8 Å². The van der Waals surface area contributed by atoms with Crippen molar-refractivity contribution in [2.45, 2.75) is 49.8 Å². The minimum atomic E-state index is 0.153. The summed E-state index contributed by atoms with van der Waals surface area (Å²) in [5.74, 6) is 1.30. The van der Waals surface area contributed by atoms with Crippen LogP contribution in [0.15, 0.2) is 0 Å². The Bertz CT molecular complexity index is 218. The van der Waals surface area contributed by atoms with Crippen LogP contribution in [0.5, 0.6) is 0 Å². The summed E-state index contributed by atoms with van der Waals surface area (Å²) in [6.45, 7) is 5.48. The number of nitrogens with one attached hydrogen (secondary N) is 1. The van der Waals surface area contributed by atoms with Crippen LogP contribution in [-0.2, 0) is 0 Å². The molecule has 2 aliphatic heterocycles. The molecule has 16 heavy (non-hydrogen) atoms. The summed E-state index contributed by atoms with van der Waals surface area (Å²) >= 11 is 2.07. The van der Waals surface area contributed by atoms with E-state index < -0.39 is 0 Å². The summed E-state index contributed by atoms with van der Waals surface area (Å²) in [5, 5.41) is 3.05. The average molecular weight is 243 g/mol. The average Bonchev–Trinajstić information content (AvgIpc) is 2.34. The van der Waals surface area contributed by atoms with E-state index in [4.69, 9.17) is 5.73 Å². The predicted octanol–water partition coefficient (Wildman–Crippen LogP) is 1.59. The van der Waals surface area contributed by atoms with Gasteiger partial charge in [-0.1, -0.05) is 13.3 Å². The number of hydrogen-bond acceptors (Lipinski definition) is 4. The second kappa shape index (κ2) is 5.71. The van der Waals surface area contributed by atoms with Crippen LogP contribution in [0.4, 0.5) is 0 Å². The van der Waals surface area contributed by atoms with Crippen molar-refractivity contribution in [2.24, 2.45) is 5.73 Å². The number of nitrogens with two attached hydrogens (primary N) is 1. The molecule has 2 unspecified atom stereocenters. The minimum absolute atomic E-state index is 0.153. The van der Waals surface area contributed by atoms with E-state index in [0.717, 1.165) is 6.54 Å². The molecular weight excluding hydrogens is 218 g/mol. The summed E-state index contributed by atoms with van der Waals surface area (Å²) in [7, 11) is 0. The smallest absolute Gasteiger partial charge is 0.0563 e. The van der Waals surface area contributed by atoms with E-state index in [1.165, 1.54) is 50.9 Å². The molecule has 0 aromatic carbocycles. The molecule has 2 heterocycles. The van der Waals surface area contributed by atoms with Gasteiger partial charge in [0.05, 0.1) is 5.54 Å². The molecule has 0 spiro atoms. The van der Waals surface area contributed by atoms with E-state index in [1.807, 2.05) is 0 Å². The number of piperidine rings is 1. The van der Waals surface area contributed by atoms with Crippen LogP contribution >= 0.6 is 11.8 Å². The first-order valence-electron chi connectivity index (χ1n) is 6.61. The number of rotatable bonds is 3. The zero-order chi connectivity index (χ0) is 11.4. The summed E-state index contributed by atoms with van der Waals surface area (Å²) in [5.41, 5.74) is 9.95. The molecule has 0 aromatic heterocycles. The lowest BCUT2D eigenvalue weighted by Crippen LogP contribution is -2.64. The predicted molar refractivity (Wildman–Crippen MR) is 71.5 cm³/mol. The SMILES string of the molecule is CC1SCCCC1(CN)NN1CCCCC1.